The number of pyridine rings is 1. The summed E-state index contributed by atoms with van der Waals surface area (Å²) in [5.74, 6) is 0.559. The molecule has 1 aliphatic rings. The summed E-state index contributed by atoms with van der Waals surface area (Å²) in [6, 6.07) is 14.6. The van der Waals surface area contributed by atoms with Crippen LogP contribution in [0.1, 0.15) is 28.8 Å². The zero-order chi connectivity index (χ0) is 21.1. The lowest BCUT2D eigenvalue weighted by atomic mass is 10.1. The highest BCUT2D eigenvalue weighted by molar-refractivity contribution is 9.10. The van der Waals surface area contributed by atoms with E-state index in [1.54, 1.807) is 30.2 Å². The van der Waals surface area contributed by atoms with Gasteiger partial charge < -0.3 is 19.4 Å². The molecule has 0 aliphatic carbocycles. The number of amides is 1. The first-order chi connectivity index (χ1) is 14.5. The molecule has 1 aromatic heterocycles. The molecule has 2 heterocycles. The van der Waals surface area contributed by atoms with Crippen molar-refractivity contribution in [3.05, 3.63) is 74.5 Å². The summed E-state index contributed by atoms with van der Waals surface area (Å²) in [4.78, 5) is 30.6. The average molecular weight is 471 g/mol. The van der Waals surface area contributed by atoms with Crippen LogP contribution in [0.15, 0.2) is 57.8 Å². The van der Waals surface area contributed by atoms with Crippen LogP contribution < -0.4 is 10.3 Å². The molecule has 6 nitrogen and oxygen atoms in total. The molecule has 0 unspecified atom stereocenters. The summed E-state index contributed by atoms with van der Waals surface area (Å²) in [5, 5.41) is 0.888. The number of hydrogen-bond donors (Lipinski definition) is 1. The number of halogens is 1. The van der Waals surface area contributed by atoms with Crippen molar-refractivity contribution in [1.82, 2.24) is 9.88 Å². The molecule has 1 amide bonds. The fraction of sp³-hybridized carbons (Fsp3) is 0.304. The van der Waals surface area contributed by atoms with Crippen molar-refractivity contribution in [2.45, 2.75) is 25.5 Å². The third-order valence-electron chi connectivity index (χ3n) is 5.32. The second-order valence-electron chi connectivity index (χ2n) is 7.40. The molecule has 0 bridgehead atoms. The minimum Gasteiger partial charge on any atom is -0.497 e. The van der Waals surface area contributed by atoms with Crippen LogP contribution in [0.3, 0.4) is 0 Å². The van der Waals surface area contributed by atoms with Crippen LogP contribution in [0.25, 0.3) is 10.9 Å². The molecule has 4 rings (SSSR count). The van der Waals surface area contributed by atoms with Gasteiger partial charge in [0.25, 0.3) is 11.5 Å². The van der Waals surface area contributed by atoms with Gasteiger partial charge in [0.2, 0.25) is 0 Å². The first-order valence-corrected chi connectivity index (χ1v) is 10.7. The van der Waals surface area contributed by atoms with E-state index in [1.165, 1.54) is 0 Å². The molecule has 0 saturated carbocycles. The van der Waals surface area contributed by atoms with Crippen molar-refractivity contribution in [3.63, 3.8) is 0 Å². The van der Waals surface area contributed by atoms with Crippen LogP contribution in [0.5, 0.6) is 5.75 Å². The molecule has 0 spiro atoms. The lowest BCUT2D eigenvalue weighted by molar-refractivity contribution is 0.0506. The monoisotopic (exact) mass is 470 g/mol. The molecule has 0 radical (unpaired) electrons. The van der Waals surface area contributed by atoms with Gasteiger partial charge in [-0.25, -0.2) is 0 Å². The Morgan fingerprint density at radius 3 is 2.73 bits per heavy atom. The average Bonchev–Trinajstić information content (AvgIpc) is 3.26. The summed E-state index contributed by atoms with van der Waals surface area (Å²) in [5.41, 5.74) is 1.61. The third kappa shape index (κ3) is 4.57. The molecule has 1 fully saturated rings. The largest absolute Gasteiger partial charge is 0.497 e. The van der Waals surface area contributed by atoms with Crippen LogP contribution >= 0.6 is 15.9 Å². The zero-order valence-corrected chi connectivity index (χ0v) is 18.3. The highest BCUT2D eigenvalue weighted by atomic mass is 79.9. The number of aromatic amines is 1. The van der Waals surface area contributed by atoms with Crippen molar-refractivity contribution in [2.24, 2.45) is 0 Å². The van der Waals surface area contributed by atoms with Gasteiger partial charge in [0.05, 0.1) is 25.3 Å². The number of rotatable bonds is 6. The summed E-state index contributed by atoms with van der Waals surface area (Å²) in [7, 11) is 1.59. The molecular formula is C23H23BrN2O4. The van der Waals surface area contributed by atoms with Crippen LogP contribution in [0.2, 0.25) is 0 Å². The Bertz CT molecular complexity index is 1100. The van der Waals surface area contributed by atoms with E-state index < -0.39 is 0 Å². The minimum absolute atomic E-state index is 0.00630. The number of carbonyl (C=O) groups is 1. The van der Waals surface area contributed by atoms with Crippen molar-refractivity contribution >= 4 is 32.7 Å². The predicted molar refractivity (Wildman–Crippen MR) is 119 cm³/mol. The topological polar surface area (TPSA) is 71.6 Å². The van der Waals surface area contributed by atoms with Crippen molar-refractivity contribution in [1.29, 1.82) is 0 Å². The summed E-state index contributed by atoms with van der Waals surface area (Å²) < 4.78 is 11.9. The van der Waals surface area contributed by atoms with Crippen molar-refractivity contribution < 1.29 is 14.3 Å². The van der Waals surface area contributed by atoms with E-state index in [1.807, 2.05) is 30.3 Å². The van der Waals surface area contributed by atoms with E-state index in [9.17, 15) is 9.59 Å². The maximum atomic E-state index is 13.2. The summed E-state index contributed by atoms with van der Waals surface area (Å²) in [6.07, 6.45) is 1.90. The Labute approximate surface area is 182 Å². The molecule has 7 heteroatoms. The van der Waals surface area contributed by atoms with E-state index in [4.69, 9.17) is 9.47 Å². The molecule has 3 aromatic rings. The van der Waals surface area contributed by atoms with E-state index in [0.29, 0.717) is 35.5 Å². The number of fused-ring (bicyclic) bond motifs is 1. The minimum atomic E-state index is -0.211. The van der Waals surface area contributed by atoms with Crippen molar-refractivity contribution in [2.75, 3.05) is 20.3 Å². The van der Waals surface area contributed by atoms with Gasteiger partial charge in [0.15, 0.2) is 0 Å². The summed E-state index contributed by atoms with van der Waals surface area (Å²) in [6.45, 7) is 1.38. The van der Waals surface area contributed by atoms with Gasteiger partial charge in [0, 0.05) is 34.8 Å². The third-order valence-corrected chi connectivity index (χ3v) is 5.85. The molecule has 1 atom stereocenters. The van der Waals surface area contributed by atoms with E-state index in [2.05, 4.69) is 20.9 Å². The highest BCUT2D eigenvalue weighted by Crippen LogP contribution is 2.21. The fourth-order valence-electron chi connectivity index (χ4n) is 3.70. The van der Waals surface area contributed by atoms with Gasteiger partial charge in [-0.3, -0.25) is 9.59 Å². The fourth-order valence-corrected chi connectivity index (χ4v) is 3.97. The number of nitrogens with zero attached hydrogens (tertiary/aromatic N) is 1. The van der Waals surface area contributed by atoms with Crippen LogP contribution in [-0.2, 0) is 11.3 Å². The first-order valence-electron chi connectivity index (χ1n) is 9.90. The number of H-pyrrole nitrogens is 1. The Kier molecular flexibility index (Phi) is 6.20. The molecule has 1 saturated heterocycles. The van der Waals surface area contributed by atoms with Gasteiger partial charge in [-0.15, -0.1) is 0 Å². The highest BCUT2D eigenvalue weighted by Gasteiger charge is 2.24. The predicted octanol–water partition coefficient (Wildman–Crippen LogP) is 4.12. The molecule has 1 aliphatic heterocycles. The number of nitrogens with one attached hydrogen (secondary N) is 1. The molecule has 30 heavy (non-hydrogen) atoms. The van der Waals surface area contributed by atoms with E-state index in [0.717, 1.165) is 22.7 Å². The lowest BCUT2D eigenvalue weighted by Gasteiger charge is -2.25. The second kappa shape index (κ2) is 9.02. The number of methoxy groups -OCH3 is 1. The zero-order valence-electron chi connectivity index (χ0n) is 16.7. The SMILES string of the molecule is COc1ccc2cc(CN(C[C@@H]3CCCO3)C(=O)c3ccc(Br)cc3)c(=O)[nH]c2c1. The Morgan fingerprint density at radius 1 is 1.23 bits per heavy atom. The van der Waals surface area contributed by atoms with Crippen LogP contribution in [0.4, 0.5) is 0 Å². The summed E-state index contributed by atoms with van der Waals surface area (Å²) >= 11 is 3.40. The smallest absolute Gasteiger partial charge is 0.254 e. The van der Waals surface area contributed by atoms with Gasteiger partial charge >= 0.3 is 0 Å². The number of carbonyl (C=O) groups excluding carboxylic acids is 1. The van der Waals surface area contributed by atoms with Crippen molar-refractivity contribution in [3.8, 4) is 5.75 Å². The van der Waals surface area contributed by atoms with Gasteiger partial charge in [-0.05, 0) is 60.7 Å². The molecule has 2 aromatic carbocycles. The maximum Gasteiger partial charge on any atom is 0.254 e. The number of hydrogen-bond acceptors (Lipinski definition) is 4. The van der Waals surface area contributed by atoms with E-state index >= 15 is 0 Å². The molecule has 1 N–H and O–H groups in total. The Hall–Kier alpha value is -2.64. The van der Waals surface area contributed by atoms with Gasteiger partial charge in [0.1, 0.15) is 5.75 Å². The Balaban J connectivity index is 1.65. The van der Waals surface area contributed by atoms with E-state index in [-0.39, 0.29) is 24.1 Å². The standard InChI is InChI=1S/C23H23BrN2O4/c1-29-19-9-6-16-11-17(22(27)25-21(16)12-19)13-26(14-20-3-2-10-30-20)23(28)15-4-7-18(24)8-5-15/h4-9,11-12,20H,2-3,10,13-14H2,1H3,(H,25,27)/t20-/m0/s1. The number of ether oxygens (including phenoxy) is 2. The lowest BCUT2D eigenvalue weighted by Crippen LogP contribution is -2.38. The molecule has 156 valence electrons. The second-order valence-corrected chi connectivity index (χ2v) is 8.32. The first kappa shape index (κ1) is 20.6. The number of benzene rings is 2. The Morgan fingerprint density at radius 2 is 2.03 bits per heavy atom. The number of aromatic nitrogens is 1. The van der Waals surface area contributed by atoms with Gasteiger partial charge in [-0.2, -0.15) is 0 Å². The van der Waals surface area contributed by atoms with Crippen LogP contribution in [0, 0.1) is 0 Å². The maximum absolute atomic E-state index is 13.2. The van der Waals surface area contributed by atoms with Gasteiger partial charge in [-0.1, -0.05) is 15.9 Å². The van der Waals surface area contributed by atoms with Crippen LogP contribution in [-0.4, -0.2) is 42.2 Å². The quantitative estimate of drug-likeness (QED) is 0.587. The molecular weight excluding hydrogens is 448 g/mol. The normalized spacial score (nSPS) is 16.0.